The molecule has 0 radical (unpaired) electrons. The number of guanidine groups is 1. The number of benzene rings is 1. The number of rotatable bonds is 3. The zero-order valence-corrected chi connectivity index (χ0v) is 20.5. The molecule has 1 unspecified atom stereocenters. The molecule has 10 nitrogen and oxygen atoms in total. The van der Waals surface area contributed by atoms with Crippen molar-refractivity contribution >= 4 is 35.3 Å². The van der Waals surface area contributed by atoms with Crippen molar-refractivity contribution in [3.63, 3.8) is 0 Å². The minimum absolute atomic E-state index is 0.00867. The fourth-order valence-electron chi connectivity index (χ4n) is 5.23. The Hall–Kier alpha value is -3.63. The minimum atomic E-state index is -0.532. The Kier molecular flexibility index (Phi) is 4.81. The van der Waals surface area contributed by atoms with Crippen molar-refractivity contribution in [1.29, 1.82) is 0 Å². The van der Waals surface area contributed by atoms with Gasteiger partial charge in [-0.1, -0.05) is 6.07 Å². The number of amidine groups is 1. The zero-order chi connectivity index (χ0) is 24.4. The number of nitrogens with zero attached hydrogens (tertiary/aromatic N) is 6. The van der Waals surface area contributed by atoms with Crippen molar-refractivity contribution in [2.24, 2.45) is 15.1 Å². The number of quaternary nitrogens is 1. The molecular formula is C25H30N9O+. The van der Waals surface area contributed by atoms with E-state index in [1.165, 1.54) is 0 Å². The minimum Gasteiger partial charge on any atom is -0.346 e. The van der Waals surface area contributed by atoms with Crippen LogP contribution >= 0.6 is 0 Å². The van der Waals surface area contributed by atoms with E-state index in [0.717, 1.165) is 65.9 Å². The molecule has 0 bridgehead atoms. The summed E-state index contributed by atoms with van der Waals surface area (Å²) in [5.41, 5.74) is 4.33. The number of carbonyl (C=O) groups is 1. The first-order valence-electron chi connectivity index (χ1n) is 12.1. The molecule has 1 fully saturated rings. The van der Waals surface area contributed by atoms with Crippen LogP contribution in [0.1, 0.15) is 55.4 Å². The van der Waals surface area contributed by atoms with Crippen LogP contribution in [-0.2, 0) is 10.2 Å². The molecule has 1 saturated heterocycles. The summed E-state index contributed by atoms with van der Waals surface area (Å²) < 4.78 is 0.184. The van der Waals surface area contributed by atoms with E-state index in [1.807, 2.05) is 45.2 Å². The largest absolute Gasteiger partial charge is 0.346 e. The number of amides is 1. The van der Waals surface area contributed by atoms with Gasteiger partial charge < -0.3 is 15.6 Å². The Morgan fingerprint density at radius 1 is 1.20 bits per heavy atom. The summed E-state index contributed by atoms with van der Waals surface area (Å²) in [6.45, 7) is 9.71. The number of hydrogen-bond acceptors (Lipinski definition) is 7. The first kappa shape index (κ1) is 21.9. The van der Waals surface area contributed by atoms with Gasteiger partial charge in [0.25, 0.3) is 5.96 Å². The van der Waals surface area contributed by atoms with E-state index in [9.17, 15) is 4.79 Å². The second-order valence-corrected chi connectivity index (χ2v) is 10.1. The number of nitrogens with one attached hydrogen (secondary N) is 3. The number of carbonyl (C=O) groups excluding carboxylic acids is 1. The van der Waals surface area contributed by atoms with Crippen LogP contribution in [0, 0.1) is 13.8 Å². The molecule has 0 spiro atoms. The third-order valence-electron chi connectivity index (χ3n) is 7.56. The molecule has 10 heteroatoms. The van der Waals surface area contributed by atoms with E-state index < -0.39 is 5.41 Å². The molecule has 5 heterocycles. The van der Waals surface area contributed by atoms with E-state index in [0.29, 0.717) is 11.9 Å². The standard InChI is InChI=1S/C25H29N9O/c1-15-16(2)28-22(27-15)17-7-10-33(11-8-17)34-12-9-26-14-21(34)31-24(32-34)29-18-5-6-19-20(13-18)30-23(35)25(19,3)4/h5-6,9,12-14,17H,7-8,10-11H2,1-4H3,(H2-,27,28,29,30,32,35)/p+1. The molecule has 6 rings (SSSR count). The lowest BCUT2D eigenvalue weighted by atomic mass is 9.86. The van der Waals surface area contributed by atoms with Crippen molar-refractivity contribution in [3.05, 3.63) is 53.4 Å². The van der Waals surface area contributed by atoms with E-state index in [1.54, 1.807) is 12.4 Å². The zero-order valence-electron chi connectivity index (χ0n) is 20.5. The number of aromatic amines is 1. The van der Waals surface area contributed by atoms with Crippen molar-refractivity contribution in [1.82, 2.24) is 15.0 Å². The Labute approximate surface area is 204 Å². The van der Waals surface area contributed by atoms with Gasteiger partial charge >= 0.3 is 5.84 Å². The Morgan fingerprint density at radius 3 is 2.74 bits per heavy atom. The van der Waals surface area contributed by atoms with Crippen molar-refractivity contribution in [2.45, 2.75) is 51.9 Å². The smallest absolute Gasteiger partial charge is 0.301 e. The highest BCUT2D eigenvalue weighted by Gasteiger charge is 2.48. The number of imidazole rings is 1. The SMILES string of the molecule is Cc1nc(C2CCN([N+]34C=CN=CC3=NC(Nc3ccc5c(c3)NC(=O)C5(C)C)=N4)CC2)[nH]c1C. The van der Waals surface area contributed by atoms with Gasteiger partial charge in [0.1, 0.15) is 12.0 Å². The van der Waals surface area contributed by atoms with Crippen LogP contribution in [0.3, 0.4) is 0 Å². The molecule has 4 aliphatic rings. The summed E-state index contributed by atoms with van der Waals surface area (Å²) in [7, 11) is 0. The molecule has 0 saturated carbocycles. The van der Waals surface area contributed by atoms with Crippen molar-refractivity contribution in [2.75, 3.05) is 23.7 Å². The van der Waals surface area contributed by atoms with Gasteiger partial charge in [0.05, 0.1) is 30.4 Å². The topological polar surface area (TPSA) is 110 Å². The van der Waals surface area contributed by atoms with Crippen LogP contribution in [0.4, 0.5) is 11.4 Å². The summed E-state index contributed by atoms with van der Waals surface area (Å²) in [4.78, 5) is 29.6. The normalized spacial score (nSPS) is 25.2. The Balaban J connectivity index is 1.22. The molecule has 1 atom stereocenters. The number of H-pyrrole nitrogens is 1. The van der Waals surface area contributed by atoms with Crippen LogP contribution in [0.2, 0.25) is 0 Å². The highest BCUT2D eigenvalue weighted by molar-refractivity contribution is 6.30. The number of aliphatic imine (C=N–C) groups is 2. The van der Waals surface area contributed by atoms with Gasteiger partial charge in [-0.3, -0.25) is 9.79 Å². The lowest BCUT2D eigenvalue weighted by Gasteiger charge is -2.38. The van der Waals surface area contributed by atoms with Crippen LogP contribution in [0.15, 0.2) is 45.7 Å². The highest BCUT2D eigenvalue weighted by atomic mass is 16.2. The number of fused-ring (bicyclic) bond motifs is 2. The summed E-state index contributed by atoms with van der Waals surface area (Å²) in [5, 5.41) is 13.6. The third-order valence-corrected chi connectivity index (χ3v) is 7.56. The van der Waals surface area contributed by atoms with Gasteiger partial charge in [-0.05, 0) is 68.0 Å². The first-order valence-corrected chi connectivity index (χ1v) is 12.1. The molecule has 2 aromatic rings. The van der Waals surface area contributed by atoms with E-state index in [2.05, 4.69) is 32.5 Å². The lowest BCUT2D eigenvalue weighted by Crippen LogP contribution is -2.58. The number of aryl methyl sites for hydroxylation is 2. The van der Waals surface area contributed by atoms with Crippen LogP contribution in [-0.4, -0.2) is 56.7 Å². The highest BCUT2D eigenvalue weighted by Crippen LogP contribution is 2.39. The molecule has 0 aliphatic carbocycles. The summed E-state index contributed by atoms with van der Waals surface area (Å²) in [5.74, 6) is 2.78. The fraction of sp³-hybridized carbons (Fsp3) is 0.400. The molecule has 180 valence electrons. The average molecular weight is 473 g/mol. The Morgan fingerprint density at radius 2 is 2.00 bits per heavy atom. The molecule has 35 heavy (non-hydrogen) atoms. The quantitative estimate of drug-likeness (QED) is 0.594. The fourth-order valence-corrected chi connectivity index (χ4v) is 5.23. The van der Waals surface area contributed by atoms with Crippen molar-refractivity contribution in [3.8, 4) is 0 Å². The van der Waals surface area contributed by atoms with E-state index in [4.69, 9.17) is 15.1 Å². The second-order valence-electron chi connectivity index (χ2n) is 10.1. The van der Waals surface area contributed by atoms with Gasteiger partial charge in [0.15, 0.2) is 6.20 Å². The summed E-state index contributed by atoms with van der Waals surface area (Å²) >= 11 is 0. The van der Waals surface area contributed by atoms with E-state index >= 15 is 0 Å². The monoisotopic (exact) mass is 472 g/mol. The predicted octanol–water partition coefficient (Wildman–Crippen LogP) is 3.52. The molecule has 1 amide bonds. The third kappa shape index (κ3) is 3.43. The number of piperidine rings is 1. The van der Waals surface area contributed by atoms with Gasteiger partial charge in [0, 0.05) is 23.0 Å². The maximum Gasteiger partial charge on any atom is 0.301 e. The van der Waals surface area contributed by atoms with Gasteiger partial charge in [0.2, 0.25) is 5.91 Å². The summed E-state index contributed by atoms with van der Waals surface area (Å²) in [6, 6.07) is 5.89. The van der Waals surface area contributed by atoms with Gasteiger partial charge in [-0.2, -0.15) is 0 Å². The maximum absolute atomic E-state index is 12.3. The molecular weight excluding hydrogens is 442 g/mol. The van der Waals surface area contributed by atoms with Crippen LogP contribution in [0.5, 0.6) is 0 Å². The first-order chi connectivity index (χ1) is 16.8. The molecule has 3 N–H and O–H groups in total. The molecule has 1 aromatic carbocycles. The van der Waals surface area contributed by atoms with E-state index in [-0.39, 0.29) is 10.6 Å². The van der Waals surface area contributed by atoms with Crippen LogP contribution < -0.4 is 10.6 Å². The average Bonchev–Trinajstić information content (AvgIpc) is 3.45. The molecule has 1 aromatic heterocycles. The number of hydrogen-bond donors (Lipinski definition) is 3. The summed E-state index contributed by atoms with van der Waals surface area (Å²) in [6.07, 6.45) is 7.51. The van der Waals surface area contributed by atoms with Crippen molar-refractivity contribution < 1.29 is 9.50 Å². The predicted molar refractivity (Wildman–Crippen MR) is 136 cm³/mol. The van der Waals surface area contributed by atoms with Crippen LogP contribution in [0.25, 0.3) is 0 Å². The second kappa shape index (κ2) is 7.69. The molecule has 4 aliphatic heterocycles. The lowest BCUT2D eigenvalue weighted by molar-refractivity contribution is -0.918. The number of anilines is 2. The van der Waals surface area contributed by atoms with Gasteiger partial charge in [-0.15, -0.1) is 10.0 Å². The van der Waals surface area contributed by atoms with Gasteiger partial charge in [-0.25, -0.2) is 4.98 Å². The maximum atomic E-state index is 12.3. The Bertz CT molecular complexity index is 1320. The number of aromatic nitrogens is 2.